The van der Waals surface area contributed by atoms with E-state index in [0.717, 1.165) is 24.7 Å². The molecule has 0 aliphatic heterocycles. The van der Waals surface area contributed by atoms with Crippen LogP contribution in [0.1, 0.15) is 81.6 Å². The van der Waals surface area contributed by atoms with Gasteiger partial charge in [0.25, 0.3) is 0 Å². The number of benzene rings is 1. The first-order valence-corrected chi connectivity index (χ1v) is 9.13. The number of carbonyl (C=O) groups is 3. The number of hydrogen-bond donors (Lipinski definition) is 0. The van der Waals surface area contributed by atoms with Crippen LogP contribution in [-0.4, -0.2) is 25.1 Å². The summed E-state index contributed by atoms with van der Waals surface area (Å²) in [4.78, 5) is 32.3. The molecule has 0 N–H and O–H groups in total. The van der Waals surface area contributed by atoms with Gasteiger partial charge in [-0.3, -0.25) is 9.59 Å². The summed E-state index contributed by atoms with van der Waals surface area (Å²) in [6.45, 7) is 7.36. The van der Waals surface area contributed by atoms with Gasteiger partial charge in [0.1, 0.15) is 6.29 Å². The molecule has 1 aromatic rings. The lowest BCUT2D eigenvalue weighted by Gasteiger charge is -2.18. The predicted octanol–water partition coefficient (Wildman–Crippen LogP) is 4.96. The summed E-state index contributed by atoms with van der Waals surface area (Å²) in [7, 11) is 1.47. The first-order valence-electron chi connectivity index (χ1n) is 9.13. The third kappa shape index (κ3) is 8.62. The van der Waals surface area contributed by atoms with Gasteiger partial charge in [-0.25, -0.2) is 0 Å². The fourth-order valence-electron chi connectivity index (χ4n) is 2.60. The van der Waals surface area contributed by atoms with Crippen molar-refractivity contribution in [2.45, 2.75) is 65.7 Å². The van der Waals surface area contributed by atoms with Gasteiger partial charge in [0.15, 0.2) is 5.78 Å². The maximum Gasteiger partial charge on any atom is 0.308 e. The molecule has 140 valence electrons. The minimum absolute atomic E-state index is 0.0142. The Morgan fingerprint density at radius 1 is 1.08 bits per heavy atom. The quantitative estimate of drug-likeness (QED) is 0.438. The average molecular weight is 348 g/mol. The average Bonchev–Trinajstić information content (AvgIpc) is 2.69. The molecule has 1 atom stereocenters. The van der Waals surface area contributed by atoms with Crippen LogP contribution in [0.15, 0.2) is 24.3 Å². The smallest absolute Gasteiger partial charge is 0.308 e. The van der Waals surface area contributed by atoms with Crippen molar-refractivity contribution in [2.24, 2.45) is 5.92 Å². The minimum Gasteiger partial charge on any atom is -0.469 e. The number of ketones is 1. The van der Waals surface area contributed by atoms with Gasteiger partial charge >= 0.3 is 5.97 Å². The Bertz CT molecular complexity index is 513. The topological polar surface area (TPSA) is 60.4 Å². The van der Waals surface area contributed by atoms with E-state index in [0.29, 0.717) is 5.56 Å². The van der Waals surface area contributed by atoms with E-state index >= 15 is 0 Å². The Kier molecular flexibility index (Phi) is 12.3. The Balaban J connectivity index is 0.000000430. The molecule has 4 heteroatoms. The molecule has 1 aliphatic carbocycles. The van der Waals surface area contributed by atoms with E-state index in [1.807, 2.05) is 32.9 Å². The maximum atomic E-state index is 10.9. The van der Waals surface area contributed by atoms with E-state index in [2.05, 4.69) is 4.74 Å². The molecule has 0 bridgehead atoms. The van der Waals surface area contributed by atoms with E-state index in [1.54, 1.807) is 12.1 Å². The second kappa shape index (κ2) is 13.3. The second-order valence-electron chi connectivity index (χ2n) is 5.96. The van der Waals surface area contributed by atoms with Gasteiger partial charge in [-0.2, -0.15) is 0 Å². The number of Topliss-reactive ketones (excluding diaryl/α,β-unsaturated/α-hetero) is 1. The lowest BCUT2D eigenvalue weighted by atomic mass is 9.89. The van der Waals surface area contributed by atoms with E-state index in [9.17, 15) is 14.4 Å². The lowest BCUT2D eigenvalue weighted by Crippen LogP contribution is -2.18. The van der Waals surface area contributed by atoms with E-state index in [4.69, 9.17) is 0 Å². The Labute approximate surface area is 152 Å². The van der Waals surface area contributed by atoms with Crippen LogP contribution in [0.3, 0.4) is 0 Å². The number of rotatable bonds is 4. The molecule has 2 rings (SSSR count). The maximum absolute atomic E-state index is 10.9. The summed E-state index contributed by atoms with van der Waals surface area (Å²) >= 11 is 0. The highest BCUT2D eigenvalue weighted by atomic mass is 16.5. The van der Waals surface area contributed by atoms with Crippen molar-refractivity contribution in [1.82, 2.24) is 0 Å². The molecule has 25 heavy (non-hydrogen) atoms. The number of methoxy groups -OCH3 is 1. The highest BCUT2D eigenvalue weighted by Crippen LogP contribution is 2.24. The first kappa shape index (κ1) is 23.0. The van der Waals surface area contributed by atoms with Crippen molar-refractivity contribution < 1.29 is 19.1 Å². The van der Waals surface area contributed by atoms with Gasteiger partial charge in [0, 0.05) is 11.5 Å². The monoisotopic (exact) mass is 348 g/mol. The van der Waals surface area contributed by atoms with Gasteiger partial charge in [0.05, 0.1) is 13.0 Å². The summed E-state index contributed by atoms with van der Waals surface area (Å²) in [6, 6.07) is 7.13. The van der Waals surface area contributed by atoms with Crippen LogP contribution >= 0.6 is 0 Å². The molecule has 0 heterocycles. The molecular weight excluding hydrogens is 316 g/mol. The molecular formula is C21H32O4. The normalized spacial score (nSPS) is 14.8. The number of hydrogen-bond acceptors (Lipinski definition) is 4. The summed E-state index contributed by atoms with van der Waals surface area (Å²) in [5.74, 6) is 0.143. The van der Waals surface area contributed by atoms with Crippen LogP contribution in [0.5, 0.6) is 0 Å². The van der Waals surface area contributed by atoms with Crippen molar-refractivity contribution in [3.05, 3.63) is 35.4 Å². The van der Waals surface area contributed by atoms with Crippen LogP contribution in [0.2, 0.25) is 0 Å². The third-order valence-corrected chi connectivity index (χ3v) is 4.19. The van der Waals surface area contributed by atoms with Gasteiger partial charge in [-0.15, -0.1) is 0 Å². The van der Waals surface area contributed by atoms with E-state index < -0.39 is 0 Å². The molecule has 0 radical (unpaired) electrons. The van der Waals surface area contributed by atoms with Gasteiger partial charge in [-0.1, -0.05) is 64.3 Å². The van der Waals surface area contributed by atoms with Crippen molar-refractivity contribution in [3.63, 3.8) is 0 Å². The molecule has 1 saturated carbocycles. The van der Waals surface area contributed by atoms with Gasteiger partial charge in [0.2, 0.25) is 0 Å². The van der Waals surface area contributed by atoms with Crippen LogP contribution in [-0.2, 0) is 14.3 Å². The van der Waals surface area contributed by atoms with Crippen molar-refractivity contribution >= 4 is 18.0 Å². The Hall–Kier alpha value is -1.97. The molecule has 4 nitrogen and oxygen atoms in total. The number of aldehydes is 1. The van der Waals surface area contributed by atoms with Gasteiger partial charge < -0.3 is 9.53 Å². The zero-order valence-corrected chi connectivity index (χ0v) is 16.2. The highest BCUT2D eigenvalue weighted by molar-refractivity contribution is 5.94. The highest BCUT2D eigenvalue weighted by Gasteiger charge is 2.20. The number of carbonyl (C=O) groups excluding carboxylic acids is 3. The summed E-state index contributed by atoms with van der Waals surface area (Å²) < 4.78 is 4.65. The fraction of sp³-hybridized carbons (Fsp3) is 0.571. The third-order valence-electron chi connectivity index (χ3n) is 4.19. The van der Waals surface area contributed by atoms with Crippen molar-refractivity contribution in [3.8, 4) is 0 Å². The first-order chi connectivity index (χ1) is 12.0. The Morgan fingerprint density at radius 3 is 2.00 bits per heavy atom. The van der Waals surface area contributed by atoms with Crippen LogP contribution in [0.4, 0.5) is 0 Å². The SMILES string of the molecule is CC.CC(=O)c1ccc(C(C)C=O)cc1.COC(=O)C1CCCCC1. The molecule has 0 saturated heterocycles. The summed E-state index contributed by atoms with van der Waals surface area (Å²) in [5, 5.41) is 0. The van der Waals surface area contributed by atoms with E-state index in [1.165, 1.54) is 33.3 Å². The summed E-state index contributed by atoms with van der Waals surface area (Å²) in [6.07, 6.45) is 6.63. The van der Waals surface area contributed by atoms with Crippen molar-refractivity contribution in [2.75, 3.05) is 7.11 Å². The standard InChI is InChI=1S/C11H12O2.C8H14O2.C2H6/c1-8(7-12)10-3-5-11(6-4-10)9(2)13;1-10-8(9)7-5-3-2-4-6-7;1-2/h3-8H,1-2H3;7H,2-6H2,1H3;1-2H3. The second-order valence-corrected chi connectivity index (χ2v) is 5.96. The predicted molar refractivity (Wildman–Crippen MR) is 101 cm³/mol. The molecule has 0 spiro atoms. The zero-order valence-electron chi connectivity index (χ0n) is 16.2. The molecule has 1 fully saturated rings. The van der Waals surface area contributed by atoms with E-state index in [-0.39, 0.29) is 23.6 Å². The van der Waals surface area contributed by atoms with Crippen LogP contribution in [0, 0.1) is 5.92 Å². The number of ether oxygens (including phenoxy) is 1. The van der Waals surface area contributed by atoms with Crippen LogP contribution in [0.25, 0.3) is 0 Å². The molecule has 1 unspecified atom stereocenters. The minimum atomic E-state index is -0.0963. The molecule has 1 aromatic carbocycles. The zero-order chi connectivity index (χ0) is 19.2. The summed E-state index contributed by atoms with van der Waals surface area (Å²) in [5.41, 5.74) is 1.63. The lowest BCUT2D eigenvalue weighted by molar-refractivity contribution is -0.146. The molecule has 0 amide bonds. The molecule has 1 aliphatic rings. The number of esters is 1. The van der Waals surface area contributed by atoms with Gasteiger partial charge in [-0.05, 0) is 25.3 Å². The van der Waals surface area contributed by atoms with Crippen LogP contribution < -0.4 is 0 Å². The largest absolute Gasteiger partial charge is 0.469 e. The Morgan fingerprint density at radius 2 is 1.60 bits per heavy atom. The van der Waals surface area contributed by atoms with Crippen molar-refractivity contribution in [1.29, 1.82) is 0 Å². The molecule has 0 aromatic heterocycles. The fourth-order valence-corrected chi connectivity index (χ4v) is 2.60.